The van der Waals surface area contributed by atoms with Crippen LogP contribution in [0.15, 0.2) is 0 Å². The van der Waals surface area contributed by atoms with Crippen molar-refractivity contribution in [1.29, 1.82) is 0 Å². The van der Waals surface area contributed by atoms with E-state index in [0.29, 0.717) is 19.5 Å². The summed E-state index contributed by atoms with van der Waals surface area (Å²) in [6.07, 6.45) is 3.59. The molecule has 2 amide bonds. The number of amides is 2. The number of carbonyl (C=O) groups is 3. The zero-order chi connectivity index (χ0) is 15.4. The number of rotatable bonds is 10. The summed E-state index contributed by atoms with van der Waals surface area (Å²) < 4.78 is 4.49. The molecule has 0 aromatic heterocycles. The van der Waals surface area contributed by atoms with Crippen LogP contribution in [-0.2, 0) is 14.3 Å². The second-order valence-electron chi connectivity index (χ2n) is 4.54. The average molecular weight is 288 g/mol. The van der Waals surface area contributed by atoms with Crippen LogP contribution in [0.3, 0.4) is 0 Å². The zero-order valence-electron chi connectivity index (χ0n) is 12.2. The third kappa shape index (κ3) is 10.2. The number of carboxylic acids is 1. The molecule has 0 saturated heterocycles. The van der Waals surface area contributed by atoms with Gasteiger partial charge in [-0.1, -0.05) is 12.8 Å². The average Bonchev–Trinajstić information content (AvgIpc) is 2.42. The summed E-state index contributed by atoms with van der Waals surface area (Å²) in [6, 6.07) is -0.223. The van der Waals surface area contributed by atoms with Gasteiger partial charge in [0.2, 0.25) is 0 Å². The maximum absolute atomic E-state index is 11.6. The van der Waals surface area contributed by atoms with Gasteiger partial charge in [-0.15, -0.1) is 0 Å². The Hall–Kier alpha value is -1.79. The van der Waals surface area contributed by atoms with E-state index in [1.54, 1.807) is 7.05 Å². The van der Waals surface area contributed by atoms with Gasteiger partial charge in [-0.2, -0.15) is 0 Å². The molecule has 116 valence electrons. The Morgan fingerprint density at radius 1 is 1.10 bits per heavy atom. The van der Waals surface area contributed by atoms with Crippen molar-refractivity contribution in [2.24, 2.45) is 0 Å². The first-order valence-electron chi connectivity index (χ1n) is 6.75. The van der Waals surface area contributed by atoms with Gasteiger partial charge in [-0.25, -0.2) is 4.79 Å². The number of urea groups is 1. The number of hydrogen-bond donors (Lipinski definition) is 2. The Morgan fingerprint density at radius 3 is 2.35 bits per heavy atom. The van der Waals surface area contributed by atoms with Crippen LogP contribution < -0.4 is 5.32 Å². The second-order valence-corrected chi connectivity index (χ2v) is 4.54. The molecular weight excluding hydrogens is 264 g/mol. The van der Waals surface area contributed by atoms with E-state index in [1.807, 2.05) is 0 Å². The van der Waals surface area contributed by atoms with Crippen LogP contribution in [0.2, 0.25) is 0 Å². The molecule has 0 aliphatic heterocycles. The van der Waals surface area contributed by atoms with E-state index in [1.165, 1.54) is 12.0 Å². The minimum Gasteiger partial charge on any atom is -0.481 e. The Labute approximate surface area is 119 Å². The summed E-state index contributed by atoms with van der Waals surface area (Å²) in [5, 5.41) is 11.2. The number of aliphatic carboxylic acids is 1. The Morgan fingerprint density at radius 2 is 1.75 bits per heavy atom. The molecule has 0 aliphatic carbocycles. The molecule has 0 radical (unpaired) electrons. The highest BCUT2D eigenvalue weighted by Gasteiger charge is 2.09. The van der Waals surface area contributed by atoms with Gasteiger partial charge in [0.25, 0.3) is 0 Å². The van der Waals surface area contributed by atoms with Crippen molar-refractivity contribution in [2.45, 2.75) is 38.5 Å². The maximum atomic E-state index is 11.6. The molecule has 0 fully saturated rings. The predicted octanol–water partition coefficient (Wildman–Crippen LogP) is 1.23. The summed E-state index contributed by atoms with van der Waals surface area (Å²) in [4.78, 5) is 34.3. The lowest BCUT2D eigenvalue weighted by Crippen LogP contribution is -2.38. The van der Waals surface area contributed by atoms with Crippen molar-refractivity contribution in [2.75, 3.05) is 27.2 Å². The molecule has 0 rings (SSSR count). The van der Waals surface area contributed by atoms with E-state index in [9.17, 15) is 14.4 Å². The van der Waals surface area contributed by atoms with Crippen molar-refractivity contribution in [3.63, 3.8) is 0 Å². The number of carbonyl (C=O) groups excluding carboxylic acids is 2. The van der Waals surface area contributed by atoms with E-state index in [0.717, 1.165) is 19.3 Å². The number of unbranched alkanes of at least 4 members (excludes halogenated alkanes) is 3. The first kappa shape index (κ1) is 18.2. The van der Waals surface area contributed by atoms with Crippen molar-refractivity contribution in [3.05, 3.63) is 0 Å². The van der Waals surface area contributed by atoms with Gasteiger partial charge in [0, 0.05) is 26.6 Å². The van der Waals surface area contributed by atoms with Crippen LogP contribution in [-0.4, -0.2) is 55.2 Å². The molecule has 0 atom stereocenters. The van der Waals surface area contributed by atoms with E-state index in [-0.39, 0.29) is 24.8 Å². The largest absolute Gasteiger partial charge is 0.481 e. The van der Waals surface area contributed by atoms with Gasteiger partial charge in [0.05, 0.1) is 13.5 Å². The number of hydrogen-bond acceptors (Lipinski definition) is 4. The summed E-state index contributed by atoms with van der Waals surface area (Å²) in [5.74, 6) is -1.12. The summed E-state index contributed by atoms with van der Waals surface area (Å²) in [5.41, 5.74) is 0. The van der Waals surface area contributed by atoms with Crippen molar-refractivity contribution in [3.8, 4) is 0 Å². The molecule has 0 aliphatic rings. The van der Waals surface area contributed by atoms with E-state index < -0.39 is 5.97 Å². The Bertz CT molecular complexity index is 320. The third-order valence-electron chi connectivity index (χ3n) is 2.82. The fourth-order valence-electron chi connectivity index (χ4n) is 1.55. The fourth-order valence-corrected chi connectivity index (χ4v) is 1.55. The van der Waals surface area contributed by atoms with Gasteiger partial charge < -0.3 is 20.1 Å². The fraction of sp³-hybridized carbons (Fsp3) is 0.769. The predicted molar refractivity (Wildman–Crippen MR) is 73.4 cm³/mol. The third-order valence-corrected chi connectivity index (χ3v) is 2.82. The monoisotopic (exact) mass is 288 g/mol. The summed E-state index contributed by atoms with van der Waals surface area (Å²) >= 11 is 0. The van der Waals surface area contributed by atoms with Crippen LogP contribution in [0.4, 0.5) is 4.79 Å². The van der Waals surface area contributed by atoms with E-state index in [4.69, 9.17) is 5.11 Å². The smallest absolute Gasteiger partial charge is 0.317 e. The zero-order valence-corrected chi connectivity index (χ0v) is 12.2. The quantitative estimate of drug-likeness (QED) is 0.465. The van der Waals surface area contributed by atoms with Crippen molar-refractivity contribution >= 4 is 18.0 Å². The molecular formula is C13H24N2O5. The number of esters is 1. The molecule has 7 nitrogen and oxygen atoms in total. The van der Waals surface area contributed by atoms with Crippen LogP contribution in [0.25, 0.3) is 0 Å². The van der Waals surface area contributed by atoms with Gasteiger partial charge in [0.15, 0.2) is 0 Å². The molecule has 0 heterocycles. The first-order valence-corrected chi connectivity index (χ1v) is 6.75. The standard InChI is InChI=1S/C13H24N2O5/c1-15(10-8-12(18)20-2)13(19)14-9-6-4-3-5-7-11(16)17/h3-10H2,1-2H3,(H,14,19)(H,16,17). The van der Waals surface area contributed by atoms with Crippen molar-refractivity contribution in [1.82, 2.24) is 10.2 Å². The summed E-state index contributed by atoms with van der Waals surface area (Å²) in [7, 11) is 2.93. The highest BCUT2D eigenvalue weighted by Crippen LogP contribution is 2.02. The molecule has 7 heteroatoms. The Balaban J connectivity index is 3.52. The minimum absolute atomic E-state index is 0.176. The number of ether oxygens (including phenoxy) is 1. The topological polar surface area (TPSA) is 95.9 Å². The van der Waals surface area contributed by atoms with Crippen molar-refractivity contribution < 1.29 is 24.2 Å². The number of nitrogens with zero attached hydrogens (tertiary/aromatic N) is 1. The molecule has 0 unspecified atom stereocenters. The lowest BCUT2D eigenvalue weighted by molar-refractivity contribution is -0.141. The Kier molecular flexibility index (Phi) is 10.1. The maximum Gasteiger partial charge on any atom is 0.317 e. The van der Waals surface area contributed by atoms with Gasteiger partial charge in [-0.05, 0) is 12.8 Å². The molecule has 2 N–H and O–H groups in total. The number of carboxylic acid groups (broad SMARTS) is 1. The SMILES string of the molecule is COC(=O)CCN(C)C(=O)NCCCCCCC(=O)O. The number of nitrogens with one attached hydrogen (secondary N) is 1. The van der Waals surface area contributed by atoms with E-state index in [2.05, 4.69) is 10.1 Å². The molecule has 0 aromatic carbocycles. The highest BCUT2D eigenvalue weighted by molar-refractivity contribution is 5.75. The first-order chi connectivity index (χ1) is 9.47. The highest BCUT2D eigenvalue weighted by atomic mass is 16.5. The summed E-state index contributed by atoms with van der Waals surface area (Å²) in [6.45, 7) is 0.867. The molecule has 20 heavy (non-hydrogen) atoms. The lowest BCUT2D eigenvalue weighted by atomic mass is 10.1. The van der Waals surface area contributed by atoms with Gasteiger partial charge in [0.1, 0.15) is 0 Å². The second kappa shape index (κ2) is 11.1. The molecule has 0 spiro atoms. The molecule has 0 aromatic rings. The molecule has 0 bridgehead atoms. The van der Waals surface area contributed by atoms with E-state index >= 15 is 0 Å². The lowest BCUT2D eigenvalue weighted by Gasteiger charge is -2.17. The minimum atomic E-state index is -0.773. The molecule has 0 saturated carbocycles. The van der Waals surface area contributed by atoms with Gasteiger partial charge >= 0.3 is 18.0 Å². The van der Waals surface area contributed by atoms with Crippen LogP contribution in [0, 0.1) is 0 Å². The normalized spacial score (nSPS) is 9.90. The van der Waals surface area contributed by atoms with Gasteiger partial charge in [-0.3, -0.25) is 9.59 Å². The van der Waals surface area contributed by atoms with Crippen LogP contribution in [0.5, 0.6) is 0 Å². The van der Waals surface area contributed by atoms with Crippen LogP contribution >= 0.6 is 0 Å². The number of methoxy groups -OCH3 is 1. The van der Waals surface area contributed by atoms with Crippen LogP contribution in [0.1, 0.15) is 38.5 Å².